The first-order chi connectivity index (χ1) is 24.5. The molecule has 0 fully saturated rings. The van der Waals surface area contributed by atoms with Crippen LogP contribution in [0.5, 0.6) is 0 Å². The average molecular weight is 693 g/mol. The van der Waals surface area contributed by atoms with E-state index in [-0.39, 0.29) is 22.1 Å². The number of allylic oxidation sites excluding steroid dienone is 1. The fourth-order valence-electron chi connectivity index (χ4n) is 8.68. The Morgan fingerprint density at radius 2 is 0.961 bits per heavy atom. The molecule has 0 radical (unpaired) electrons. The number of hydrogen-bond donors (Lipinski definition) is 0. The monoisotopic (exact) mass is 692 g/mol. The van der Waals surface area contributed by atoms with E-state index in [0.717, 1.165) is 11.3 Å². The van der Waals surface area contributed by atoms with Gasteiger partial charge in [-0.3, -0.25) is 0 Å². The minimum absolute atomic E-state index is 0.0114. The molecule has 1 aliphatic carbocycles. The normalized spacial score (nSPS) is 16.9. The van der Waals surface area contributed by atoms with Gasteiger partial charge in [0.1, 0.15) is 11.4 Å². The van der Waals surface area contributed by atoms with Gasteiger partial charge >= 0.3 is 0 Å². The number of benzene rings is 5. The average Bonchev–Trinajstić information content (AvgIpc) is 3.12. The van der Waals surface area contributed by atoms with Crippen molar-refractivity contribution in [1.29, 1.82) is 0 Å². The summed E-state index contributed by atoms with van der Waals surface area (Å²) in [5.41, 5.74) is 7.69. The van der Waals surface area contributed by atoms with E-state index in [2.05, 4.69) is 193 Å². The molecular weight excluding hydrogens is 640 g/mol. The van der Waals surface area contributed by atoms with Gasteiger partial charge < -0.3 is 9.47 Å². The molecule has 3 heteroatoms. The van der Waals surface area contributed by atoms with E-state index in [9.17, 15) is 0 Å². The van der Waals surface area contributed by atoms with Crippen LogP contribution in [0.25, 0.3) is 5.57 Å². The Balaban J connectivity index is 1.74. The minimum atomic E-state index is -0.827. The molecule has 0 bridgehead atoms. The van der Waals surface area contributed by atoms with Gasteiger partial charge in [0, 0.05) is 30.9 Å². The van der Waals surface area contributed by atoms with Crippen molar-refractivity contribution in [2.24, 2.45) is 0 Å². The van der Waals surface area contributed by atoms with Crippen LogP contribution in [0.4, 0.5) is 0 Å². The highest BCUT2D eigenvalue weighted by Crippen LogP contribution is 2.61. The summed E-state index contributed by atoms with van der Waals surface area (Å²) in [7, 11) is 3.09. The van der Waals surface area contributed by atoms with Crippen LogP contribution in [-0.2, 0) is 9.47 Å². The molecule has 1 aliphatic rings. The van der Waals surface area contributed by atoms with E-state index < -0.39 is 13.5 Å². The smallest absolute Gasteiger partial charge is 0.125 e. The zero-order valence-corrected chi connectivity index (χ0v) is 32.5. The molecule has 0 N–H and O–H groups in total. The Labute approximate surface area is 308 Å². The summed E-state index contributed by atoms with van der Waals surface area (Å²) in [4.78, 5) is 0. The maximum atomic E-state index is 7.24. The van der Waals surface area contributed by atoms with Gasteiger partial charge in [-0.15, -0.1) is 0 Å². The van der Waals surface area contributed by atoms with Crippen molar-refractivity contribution < 1.29 is 9.47 Å². The van der Waals surface area contributed by atoms with Crippen LogP contribution in [-0.4, -0.2) is 30.1 Å². The fourth-order valence-corrected chi connectivity index (χ4v) is 12.8. The molecule has 0 saturated carbocycles. The lowest BCUT2D eigenvalue weighted by molar-refractivity contribution is 0.0228. The van der Waals surface area contributed by atoms with E-state index in [4.69, 9.17) is 9.47 Å². The summed E-state index contributed by atoms with van der Waals surface area (Å²) in [6, 6.07) is 52.7. The van der Waals surface area contributed by atoms with Crippen LogP contribution >= 0.6 is 7.92 Å². The Morgan fingerprint density at radius 1 is 0.549 bits per heavy atom. The minimum Gasteiger partial charge on any atom is -0.496 e. The van der Waals surface area contributed by atoms with Crippen molar-refractivity contribution >= 4 is 18.8 Å². The van der Waals surface area contributed by atoms with Gasteiger partial charge in [0.25, 0.3) is 0 Å². The second-order valence-corrected chi connectivity index (χ2v) is 19.5. The molecule has 0 aliphatic heterocycles. The first-order valence-electron chi connectivity index (χ1n) is 18.1. The topological polar surface area (TPSA) is 18.5 Å². The molecule has 6 rings (SSSR count). The molecule has 1 unspecified atom stereocenters. The Hall–Kier alpha value is -4.23. The van der Waals surface area contributed by atoms with Crippen molar-refractivity contribution in [3.63, 3.8) is 0 Å². The number of hydrogen-bond acceptors (Lipinski definition) is 2. The number of rotatable bonds is 10. The second kappa shape index (κ2) is 15.2. The highest BCUT2D eigenvalue weighted by Gasteiger charge is 2.51. The van der Waals surface area contributed by atoms with E-state index >= 15 is 0 Å². The Kier molecular flexibility index (Phi) is 10.9. The van der Waals surface area contributed by atoms with Gasteiger partial charge in [0.2, 0.25) is 0 Å². The van der Waals surface area contributed by atoms with Gasteiger partial charge in [0.15, 0.2) is 0 Å². The van der Waals surface area contributed by atoms with Crippen molar-refractivity contribution in [2.45, 2.75) is 75.7 Å². The maximum Gasteiger partial charge on any atom is 0.125 e. The van der Waals surface area contributed by atoms with Crippen molar-refractivity contribution in [3.8, 4) is 0 Å². The van der Waals surface area contributed by atoms with Gasteiger partial charge in [-0.1, -0.05) is 201 Å². The van der Waals surface area contributed by atoms with Crippen LogP contribution in [0.15, 0.2) is 163 Å². The van der Waals surface area contributed by atoms with E-state index in [0.29, 0.717) is 6.42 Å². The molecule has 0 spiro atoms. The molecule has 5 aromatic rings. The lowest BCUT2D eigenvalue weighted by atomic mass is 9.64. The predicted octanol–water partition coefficient (Wildman–Crippen LogP) is 12.1. The van der Waals surface area contributed by atoms with Crippen LogP contribution in [0.1, 0.15) is 87.6 Å². The highest BCUT2D eigenvalue weighted by atomic mass is 31.1. The van der Waals surface area contributed by atoms with Crippen molar-refractivity contribution in [3.05, 3.63) is 191 Å². The SMILES string of the molecule is COC1=C(c2ccccc2P(C(C)(C)C)C(C)(C)C)C(OC)(C(c2ccccc2)c2ccccc2)CC(C(c2ccccc2)c2ccccc2)=C1. The third-order valence-corrected chi connectivity index (χ3v) is 13.7. The lowest BCUT2D eigenvalue weighted by Gasteiger charge is -2.48. The first kappa shape index (κ1) is 36.6. The van der Waals surface area contributed by atoms with Gasteiger partial charge in [0.05, 0.1) is 7.11 Å². The molecule has 0 heterocycles. The zero-order chi connectivity index (χ0) is 36.2. The van der Waals surface area contributed by atoms with Gasteiger partial charge in [-0.25, -0.2) is 0 Å². The standard InChI is InChI=1S/C48H53O2P/c1-46(2,3)51(47(4,5)6)42-32-22-21-31-40(42)45-41(49-7)33-39(43(35-23-13-9-14-24-35)36-25-15-10-16-26-36)34-48(45,50-8)44(37-27-17-11-18-28-37)38-29-19-12-20-30-38/h9-33,43-44H,34H2,1-8H3. The van der Waals surface area contributed by atoms with Crippen LogP contribution in [0, 0.1) is 0 Å². The fraction of sp³-hybridized carbons (Fsp3) is 0.292. The van der Waals surface area contributed by atoms with Crippen molar-refractivity contribution in [2.75, 3.05) is 14.2 Å². The van der Waals surface area contributed by atoms with Crippen LogP contribution in [0.3, 0.4) is 0 Å². The van der Waals surface area contributed by atoms with E-state index in [1.165, 1.54) is 38.7 Å². The third-order valence-electron chi connectivity index (χ3n) is 10.2. The largest absolute Gasteiger partial charge is 0.496 e. The summed E-state index contributed by atoms with van der Waals surface area (Å²) in [5.74, 6) is 0.735. The Morgan fingerprint density at radius 3 is 1.37 bits per heavy atom. The third kappa shape index (κ3) is 7.41. The van der Waals surface area contributed by atoms with Crippen molar-refractivity contribution in [1.82, 2.24) is 0 Å². The molecular formula is C48H53O2P. The molecule has 0 aromatic heterocycles. The van der Waals surface area contributed by atoms with E-state index in [1.54, 1.807) is 0 Å². The second-order valence-electron chi connectivity index (χ2n) is 15.6. The molecule has 5 aromatic carbocycles. The number of ether oxygens (including phenoxy) is 2. The lowest BCUT2D eigenvalue weighted by Crippen LogP contribution is -2.45. The summed E-state index contributed by atoms with van der Waals surface area (Å²) < 4.78 is 13.9. The molecule has 0 saturated heterocycles. The molecule has 0 amide bonds. The predicted molar refractivity (Wildman–Crippen MR) is 218 cm³/mol. The summed E-state index contributed by atoms with van der Waals surface area (Å²) in [6.45, 7) is 14.4. The summed E-state index contributed by atoms with van der Waals surface area (Å²) in [5, 5.41) is 1.51. The van der Waals surface area contributed by atoms with Gasteiger partial charge in [-0.05, 0) is 49.5 Å². The number of methoxy groups -OCH3 is 2. The maximum absolute atomic E-state index is 7.24. The highest BCUT2D eigenvalue weighted by molar-refractivity contribution is 7.68. The molecule has 2 nitrogen and oxygen atoms in total. The van der Waals surface area contributed by atoms with Gasteiger partial charge in [-0.2, -0.15) is 0 Å². The van der Waals surface area contributed by atoms with Crippen LogP contribution < -0.4 is 5.30 Å². The van der Waals surface area contributed by atoms with Crippen LogP contribution in [0.2, 0.25) is 0 Å². The Bertz CT molecular complexity index is 1860. The zero-order valence-electron chi connectivity index (χ0n) is 31.6. The quantitative estimate of drug-likeness (QED) is 0.136. The molecule has 1 atom stereocenters. The summed E-state index contributed by atoms with van der Waals surface area (Å²) in [6.07, 6.45) is 3.00. The molecule has 262 valence electrons. The first-order valence-corrected chi connectivity index (χ1v) is 19.5. The van der Waals surface area contributed by atoms with E-state index in [1.807, 2.05) is 14.2 Å². The molecule has 51 heavy (non-hydrogen) atoms. The summed E-state index contributed by atoms with van der Waals surface area (Å²) >= 11 is 0.